The van der Waals surface area contributed by atoms with Crippen LogP contribution in [0.3, 0.4) is 0 Å². The smallest absolute Gasteiger partial charge is 0.301 e. The largest absolute Gasteiger partial charge is 0.507 e. The highest BCUT2D eigenvalue weighted by atomic mass is 35.5. The number of Topliss-reactive ketones (excluding diaryl/α,β-unsaturated/α-hetero) is 1. The molecule has 3 aromatic carbocycles. The van der Waals surface area contributed by atoms with E-state index < -0.39 is 17.7 Å². The van der Waals surface area contributed by atoms with Crippen LogP contribution in [0.5, 0.6) is 5.75 Å². The number of amides is 1. The van der Waals surface area contributed by atoms with Gasteiger partial charge in [0, 0.05) is 10.6 Å². The lowest BCUT2D eigenvalue weighted by Gasteiger charge is -2.23. The van der Waals surface area contributed by atoms with Crippen LogP contribution in [-0.2, 0) is 9.59 Å². The van der Waals surface area contributed by atoms with Crippen LogP contribution in [0.15, 0.2) is 78.4 Å². The van der Waals surface area contributed by atoms with Crippen LogP contribution in [0.25, 0.3) is 16.0 Å². The van der Waals surface area contributed by atoms with Gasteiger partial charge in [-0.2, -0.15) is 0 Å². The molecule has 8 heteroatoms. The minimum Gasteiger partial charge on any atom is -0.507 e. The molecule has 0 radical (unpaired) electrons. The highest BCUT2D eigenvalue weighted by Gasteiger charge is 2.48. The van der Waals surface area contributed by atoms with Gasteiger partial charge in [0.25, 0.3) is 5.78 Å². The number of carbonyl (C=O) groups is 2. The van der Waals surface area contributed by atoms with Crippen molar-refractivity contribution in [2.45, 2.75) is 25.8 Å². The third-order valence-electron chi connectivity index (χ3n) is 6.00. The number of aromatic nitrogens is 1. The standard InChI is InChI=1S/C28H23ClN2O4S/c1-2-3-15-35-20-12-9-17(10-13-20)24-23(25(32)18-7-5-4-6-8-18)26(33)27(34)31(24)28-30-21-14-11-19(29)16-22(21)36-28/h4-14,16,24,32H,2-3,15H2,1H3. The molecular weight excluding hydrogens is 496 g/mol. The summed E-state index contributed by atoms with van der Waals surface area (Å²) in [6.07, 6.45) is 1.97. The predicted molar refractivity (Wildman–Crippen MR) is 143 cm³/mol. The highest BCUT2D eigenvalue weighted by Crippen LogP contribution is 2.44. The summed E-state index contributed by atoms with van der Waals surface area (Å²) in [5.41, 5.74) is 1.80. The number of aliphatic hydroxyl groups excluding tert-OH is 1. The van der Waals surface area contributed by atoms with Crippen LogP contribution in [0.1, 0.15) is 36.9 Å². The van der Waals surface area contributed by atoms with Gasteiger partial charge < -0.3 is 9.84 Å². The van der Waals surface area contributed by atoms with E-state index in [9.17, 15) is 14.7 Å². The number of halogens is 1. The molecular formula is C28H23ClN2O4S. The van der Waals surface area contributed by atoms with Crippen LogP contribution >= 0.6 is 22.9 Å². The second kappa shape index (κ2) is 10.1. The van der Waals surface area contributed by atoms with Gasteiger partial charge in [0.1, 0.15) is 11.5 Å². The molecule has 6 nitrogen and oxygen atoms in total. The molecule has 1 aliphatic heterocycles. The van der Waals surface area contributed by atoms with E-state index in [4.69, 9.17) is 16.3 Å². The fraction of sp³-hybridized carbons (Fsp3) is 0.179. The molecule has 5 rings (SSSR count). The van der Waals surface area contributed by atoms with Gasteiger partial charge in [0.05, 0.1) is 28.4 Å². The molecule has 0 bridgehead atoms. The Morgan fingerprint density at radius 3 is 2.56 bits per heavy atom. The van der Waals surface area contributed by atoms with E-state index in [0.717, 1.165) is 17.5 Å². The number of hydrogen-bond acceptors (Lipinski definition) is 6. The maximum absolute atomic E-state index is 13.4. The van der Waals surface area contributed by atoms with E-state index in [-0.39, 0.29) is 11.3 Å². The number of thiazole rings is 1. The summed E-state index contributed by atoms with van der Waals surface area (Å²) in [4.78, 5) is 32.7. The van der Waals surface area contributed by atoms with Crippen molar-refractivity contribution in [3.05, 3.63) is 94.5 Å². The number of fused-ring (bicyclic) bond motifs is 1. The van der Waals surface area contributed by atoms with Crippen LogP contribution < -0.4 is 9.64 Å². The normalized spacial score (nSPS) is 17.2. The molecule has 182 valence electrons. The maximum Gasteiger partial charge on any atom is 0.301 e. The second-order valence-electron chi connectivity index (χ2n) is 8.41. The molecule has 1 atom stereocenters. The molecule has 1 aromatic heterocycles. The number of aliphatic hydroxyl groups is 1. The van der Waals surface area contributed by atoms with Crippen molar-refractivity contribution < 1.29 is 19.4 Å². The van der Waals surface area contributed by atoms with Crippen molar-refractivity contribution in [2.75, 3.05) is 11.5 Å². The van der Waals surface area contributed by atoms with Crippen molar-refractivity contribution in [3.63, 3.8) is 0 Å². The molecule has 4 aromatic rings. The lowest BCUT2D eigenvalue weighted by Crippen LogP contribution is -2.29. The number of unbranched alkanes of at least 4 members (excludes halogenated alkanes) is 1. The minimum absolute atomic E-state index is 0.0168. The van der Waals surface area contributed by atoms with Gasteiger partial charge in [0.2, 0.25) is 0 Å². The fourth-order valence-corrected chi connectivity index (χ4v) is 5.44. The van der Waals surface area contributed by atoms with E-state index in [1.807, 2.05) is 30.3 Å². The summed E-state index contributed by atoms with van der Waals surface area (Å²) in [6, 6.07) is 20.4. The zero-order valence-corrected chi connectivity index (χ0v) is 21.1. The van der Waals surface area contributed by atoms with Gasteiger partial charge in [0.15, 0.2) is 5.13 Å². The van der Waals surface area contributed by atoms with Crippen LogP contribution in [0.4, 0.5) is 5.13 Å². The van der Waals surface area contributed by atoms with Crippen molar-refractivity contribution in [2.24, 2.45) is 0 Å². The zero-order valence-electron chi connectivity index (χ0n) is 19.5. The lowest BCUT2D eigenvalue weighted by atomic mass is 9.95. The first-order valence-corrected chi connectivity index (χ1v) is 12.8. The Morgan fingerprint density at radius 2 is 1.83 bits per heavy atom. The van der Waals surface area contributed by atoms with Crippen molar-refractivity contribution in [1.29, 1.82) is 0 Å². The van der Waals surface area contributed by atoms with E-state index in [0.29, 0.717) is 39.2 Å². The molecule has 1 amide bonds. The van der Waals surface area contributed by atoms with Crippen LogP contribution in [0, 0.1) is 0 Å². The maximum atomic E-state index is 13.4. The monoisotopic (exact) mass is 518 g/mol. The number of hydrogen-bond donors (Lipinski definition) is 1. The van der Waals surface area contributed by atoms with Crippen molar-refractivity contribution in [1.82, 2.24) is 4.98 Å². The van der Waals surface area contributed by atoms with Crippen molar-refractivity contribution in [3.8, 4) is 5.75 Å². The molecule has 0 saturated carbocycles. The topological polar surface area (TPSA) is 79.7 Å². The number of benzene rings is 3. The van der Waals surface area contributed by atoms with Gasteiger partial charge in [-0.15, -0.1) is 0 Å². The van der Waals surface area contributed by atoms with E-state index in [1.165, 1.54) is 16.2 Å². The van der Waals surface area contributed by atoms with E-state index in [1.54, 1.807) is 42.5 Å². The predicted octanol–water partition coefficient (Wildman–Crippen LogP) is 6.75. The van der Waals surface area contributed by atoms with Crippen LogP contribution in [-0.4, -0.2) is 28.4 Å². The minimum atomic E-state index is -0.856. The average molecular weight is 519 g/mol. The first-order valence-electron chi connectivity index (χ1n) is 11.6. The number of ketones is 1. The molecule has 1 N–H and O–H groups in total. The summed E-state index contributed by atoms with van der Waals surface area (Å²) in [5.74, 6) is -1.04. The third-order valence-corrected chi connectivity index (χ3v) is 7.25. The average Bonchev–Trinajstić information content (AvgIpc) is 3.42. The molecule has 0 aliphatic carbocycles. The molecule has 1 saturated heterocycles. The number of rotatable bonds is 7. The fourth-order valence-electron chi connectivity index (χ4n) is 4.17. The van der Waals surface area contributed by atoms with Gasteiger partial charge in [-0.1, -0.05) is 78.7 Å². The summed E-state index contributed by atoms with van der Waals surface area (Å²) < 4.78 is 6.57. The molecule has 1 fully saturated rings. The summed E-state index contributed by atoms with van der Waals surface area (Å²) in [7, 11) is 0. The Morgan fingerprint density at radius 1 is 1.08 bits per heavy atom. The number of anilines is 1. The van der Waals surface area contributed by atoms with E-state index >= 15 is 0 Å². The van der Waals surface area contributed by atoms with Gasteiger partial charge in [-0.25, -0.2) is 4.98 Å². The Hall–Kier alpha value is -3.68. The number of carbonyl (C=O) groups excluding carboxylic acids is 2. The number of ether oxygens (including phenoxy) is 1. The molecule has 0 spiro atoms. The Labute approximate surface area is 217 Å². The summed E-state index contributed by atoms with van der Waals surface area (Å²) in [5, 5.41) is 12.1. The Balaban J connectivity index is 1.63. The van der Waals surface area contributed by atoms with E-state index in [2.05, 4.69) is 11.9 Å². The summed E-state index contributed by atoms with van der Waals surface area (Å²) in [6.45, 7) is 2.70. The summed E-state index contributed by atoms with van der Waals surface area (Å²) >= 11 is 7.42. The highest BCUT2D eigenvalue weighted by molar-refractivity contribution is 7.22. The van der Waals surface area contributed by atoms with Gasteiger partial charge in [-0.05, 0) is 42.3 Å². The SMILES string of the molecule is CCCCOc1ccc(C2C(=C(O)c3ccccc3)C(=O)C(=O)N2c2nc3ccc(Cl)cc3s2)cc1. The molecule has 1 aliphatic rings. The first-order chi connectivity index (χ1) is 17.5. The number of nitrogens with zero attached hydrogens (tertiary/aromatic N) is 2. The first kappa shape index (κ1) is 24.0. The molecule has 36 heavy (non-hydrogen) atoms. The second-order valence-corrected chi connectivity index (χ2v) is 9.86. The lowest BCUT2D eigenvalue weighted by molar-refractivity contribution is -0.132. The quantitative estimate of drug-likeness (QED) is 0.127. The Kier molecular flexibility index (Phi) is 6.76. The Bertz CT molecular complexity index is 1460. The van der Waals surface area contributed by atoms with Gasteiger partial charge in [-0.3, -0.25) is 14.5 Å². The zero-order chi connectivity index (χ0) is 25.2. The van der Waals surface area contributed by atoms with Gasteiger partial charge >= 0.3 is 5.91 Å². The molecule has 2 heterocycles. The third kappa shape index (κ3) is 4.47. The molecule has 1 unspecified atom stereocenters. The van der Waals surface area contributed by atoms with Crippen LogP contribution in [0.2, 0.25) is 5.02 Å². The van der Waals surface area contributed by atoms with Crippen molar-refractivity contribution >= 4 is 55.7 Å².